The van der Waals surface area contributed by atoms with E-state index in [-0.39, 0.29) is 10.9 Å². The van der Waals surface area contributed by atoms with Gasteiger partial charge in [0.05, 0.1) is 4.90 Å². The highest BCUT2D eigenvalue weighted by Gasteiger charge is 2.21. The molecule has 0 amide bonds. The standard InChI is InChI=1S/C13H19Br2NO2S/c1-4-5-6-10(3)16-19(17,18)13-8-11(14)9(2)7-12(13)15/h7-8,10,16H,4-6H2,1-3H3. The van der Waals surface area contributed by atoms with E-state index in [1.807, 2.05) is 13.8 Å². The van der Waals surface area contributed by atoms with Crippen LogP contribution < -0.4 is 4.72 Å². The van der Waals surface area contributed by atoms with Gasteiger partial charge in [0.1, 0.15) is 0 Å². The predicted octanol–water partition coefficient (Wildman–Crippen LogP) is 4.38. The minimum atomic E-state index is -3.49. The number of sulfonamides is 1. The third kappa shape index (κ3) is 4.85. The molecule has 1 atom stereocenters. The molecule has 0 saturated carbocycles. The first-order chi connectivity index (χ1) is 8.77. The van der Waals surface area contributed by atoms with Crippen LogP contribution in [0.5, 0.6) is 0 Å². The zero-order valence-corrected chi connectivity index (χ0v) is 15.3. The van der Waals surface area contributed by atoms with Crippen LogP contribution in [0.4, 0.5) is 0 Å². The summed E-state index contributed by atoms with van der Waals surface area (Å²) in [6.45, 7) is 5.90. The largest absolute Gasteiger partial charge is 0.241 e. The minimum Gasteiger partial charge on any atom is -0.208 e. The Bertz CT molecular complexity index is 544. The van der Waals surface area contributed by atoms with Gasteiger partial charge >= 0.3 is 0 Å². The van der Waals surface area contributed by atoms with Crippen molar-refractivity contribution in [3.05, 3.63) is 26.6 Å². The van der Waals surface area contributed by atoms with Crippen LogP contribution in [-0.4, -0.2) is 14.5 Å². The molecule has 1 N–H and O–H groups in total. The molecule has 0 saturated heterocycles. The molecule has 3 nitrogen and oxygen atoms in total. The molecule has 0 bridgehead atoms. The van der Waals surface area contributed by atoms with E-state index in [1.165, 1.54) is 0 Å². The van der Waals surface area contributed by atoms with Crippen LogP contribution in [0.3, 0.4) is 0 Å². The summed E-state index contributed by atoms with van der Waals surface area (Å²) in [5, 5.41) is 0. The minimum absolute atomic E-state index is 0.0584. The Morgan fingerprint density at radius 3 is 2.47 bits per heavy atom. The van der Waals surface area contributed by atoms with Crippen LogP contribution in [0.1, 0.15) is 38.7 Å². The Labute approximate surface area is 132 Å². The lowest BCUT2D eigenvalue weighted by atomic mass is 10.2. The molecule has 1 unspecified atom stereocenters. The third-order valence-electron chi connectivity index (χ3n) is 2.85. The number of halogens is 2. The predicted molar refractivity (Wildman–Crippen MR) is 85.9 cm³/mol. The molecule has 108 valence electrons. The van der Waals surface area contributed by atoms with Crippen molar-refractivity contribution in [2.24, 2.45) is 0 Å². The highest BCUT2D eigenvalue weighted by atomic mass is 79.9. The van der Waals surface area contributed by atoms with Gasteiger partial charge in [0.2, 0.25) is 10.0 Å². The quantitative estimate of drug-likeness (QED) is 0.753. The monoisotopic (exact) mass is 411 g/mol. The van der Waals surface area contributed by atoms with Crippen LogP contribution >= 0.6 is 31.9 Å². The third-order valence-corrected chi connectivity index (χ3v) is 6.25. The summed E-state index contributed by atoms with van der Waals surface area (Å²) in [4.78, 5) is 0.272. The lowest BCUT2D eigenvalue weighted by molar-refractivity contribution is 0.534. The van der Waals surface area contributed by atoms with Crippen molar-refractivity contribution >= 4 is 41.9 Å². The molecule has 1 rings (SSSR count). The van der Waals surface area contributed by atoms with Crippen molar-refractivity contribution in [2.75, 3.05) is 0 Å². The van der Waals surface area contributed by atoms with E-state index in [2.05, 4.69) is 43.5 Å². The summed E-state index contributed by atoms with van der Waals surface area (Å²) in [5.74, 6) is 0. The van der Waals surface area contributed by atoms with Gasteiger partial charge < -0.3 is 0 Å². The van der Waals surface area contributed by atoms with Gasteiger partial charge in [-0.05, 0) is 53.9 Å². The zero-order chi connectivity index (χ0) is 14.6. The molecule has 0 aliphatic carbocycles. The van der Waals surface area contributed by atoms with Gasteiger partial charge in [-0.15, -0.1) is 0 Å². The highest BCUT2D eigenvalue weighted by Crippen LogP contribution is 2.29. The summed E-state index contributed by atoms with van der Waals surface area (Å²) in [6, 6.07) is 3.38. The van der Waals surface area contributed by atoms with Gasteiger partial charge in [-0.25, -0.2) is 13.1 Å². The SMILES string of the molecule is CCCCC(C)NS(=O)(=O)c1cc(Br)c(C)cc1Br. The molecule has 1 aromatic rings. The first-order valence-corrected chi connectivity index (χ1v) is 9.32. The number of unbranched alkanes of at least 4 members (excludes halogenated alkanes) is 1. The number of benzene rings is 1. The molecule has 0 aliphatic rings. The molecule has 1 aromatic carbocycles. The van der Waals surface area contributed by atoms with Crippen molar-refractivity contribution in [3.63, 3.8) is 0 Å². The lowest BCUT2D eigenvalue weighted by Gasteiger charge is -2.15. The van der Waals surface area contributed by atoms with Gasteiger partial charge in [0, 0.05) is 15.0 Å². The summed E-state index contributed by atoms with van der Waals surface area (Å²) < 4.78 is 28.7. The molecule has 0 aromatic heterocycles. The first-order valence-electron chi connectivity index (χ1n) is 6.26. The fourth-order valence-electron chi connectivity index (χ4n) is 1.73. The van der Waals surface area contributed by atoms with Crippen molar-refractivity contribution in [3.8, 4) is 0 Å². The fraction of sp³-hybridized carbons (Fsp3) is 0.538. The maximum Gasteiger partial charge on any atom is 0.241 e. The first kappa shape index (κ1) is 17.1. The van der Waals surface area contributed by atoms with Gasteiger partial charge in [-0.2, -0.15) is 0 Å². The van der Waals surface area contributed by atoms with E-state index in [4.69, 9.17) is 0 Å². The van der Waals surface area contributed by atoms with E-state index in [1.54, 1.807) is 12.1 Å². The molecular weight excluding hydrogens is 394 g/mol. The number of hydrogen-bond donors (Lipinski definition) is 1. The second kappa shape index (κ2) is 7.20. The Kier molecular flexibility index (Phi) is 6.50. The molecule has 0 aliphatic heterocycles. The normalized spacial score (nSPS) is 13.5. The number of nitrogens with one attached hydrogen (secondary N) is 1. The Morgan fingerprint density at radius 1 is 1.26 bits per heavy atom. The van der Waals surface area contributed by atoms with Gasteiger partial charge in [-0.3, -0.25) is 0 Å². The smallest absolute Gasteiger partial charge is 0.208 e. The maximum atomic E-state index is 12.3. The Morgan fingerprint density at radius 2 is 1.89 bits per heavy atom. The van der Waals surface area contributed by atoms with E-state index < -0.39 is 10.0 Å². The number of aryl methyl sites for hydroxylation is 1. The van der Waals surface area contributed by atoms with Crippen molar-refractivity contribution in [1.29, 1.82) is 0 Å². The molecule has 0 heterocycles. The van der Waals surface area contributed by atoms with Crippen molar-refractivity contribution in [2.45, 2.75) is 51.0 Å². The summed E-state index contributed by atoms with van der Waals surface area (Å²) in [6.07, 6.45) is 2.93. The van der Waals surface area contributed by atoms with Crippen LogP contribution in [0.2, 0.25) is 0 Å². The second-order valence-corrected chi connectivity index (χ2v) is 8.09. The van der Waals surface area contributed by atoms with Crippen molar-refractivity contribution in [1.82, 2.24) is 4.72 Å². The van der Waals surface area contributed by atoms with E-state index >= 15 is 0 Å². The van der Waals surface area contributed by atoms with Crippen LogP contribution in [0, 0.1) is 6.92 Å². The van der Waals surface area contributed by atoms with Crippen LogP contribution in [-0.2, 0) is 10.0 Å². The van der Waals surface area contributed by atoms with Gasteiger partial charge in [0.25, 0.3) is 0 Å². The summed E-state index contributed by atoms with van der Waals surface area (Å²) >= 11 is 6.69. The molecule has 19 heavy (non-hydrogen) atoms. The van der Waals surface area contributed by atoms with E-state index in [0.717, 1.165) is 29.3 Å². The molecule has 0 fully saturated rings. The summed E-state index contributed by atoms with van der Waals surface area (Å²) in [7, 11) is -3.49. The molecular formula is C13H19Br2NO2S. The van der Waals surface area contributed by atoms with Gasteiger partial charge in [-0.1, -0.05) is 35.7 Å². The van der Waals surface area contributed by atoms with E-state index in [9.17, 15) is 8.42 Å². The fourth-order valence-corrected chi connectivity index (χ4v) is 4.69. The van der Waals surface area contributed by atoms with Crippen molar-refractivity contribution < 1.29 is 8.42 Å². The average molecular weight is 413 g/mol. The van der Waals surface area contributed by atoms with Gasteiger partial charge in [0.15, 0.2) is 0 Å². The molecule has 6 heteroatoms. The second-order valence-electron chi connectivity index (χ2n) is 4.70. The molecule has 0 spiro atoms. The highest BCUT2D eigenvalue weighted by molar-refractivity contribution is 9.11. The average Bonchev–Trinajstić information content (AvgIpc) is 2.30. The van der Waals surface area contributed by atoms with E-state index in [0.29, 0.717) is 4.47 Å². The number of hydrogen-bond acceptors (Lipinski definition) is 2. The molecule has 0 radical (unpaired) electrons. The summed E-state index contributed by atoms with van der Waals surface area (Å²) in [5.41, 5.74) is 0.991. The van der Waals surface area contributed by atoms with Crippen LogP contribution in [0.15, 0.2) is 26.0 Å². The number of rotatable bonds is 6. The Hall–Kier alpha value is 0.0900. The van der Waals surface area contributed by atoms with Crippen LogP contribution in [0.25, 0.3) is 0 Å². The topological polar surface area (TPSA) is 46.2 Å². The Balaban J connectivity index is 2.98. The maximum absolute atomic E-state index is 12.3. The zero-order valence-electron chi connectivity index (χ0n) is 11.3. The lowest BCUT2D eigenvalue weighted by Crippen LogP contribution is -2.32.